The molecule has 174 valence electrons. The number of ether oxygens (including phenoxy) is 1. The molecule has 1 amide bonds. The number of hydrogen-bond donors (Lipinski definition) is 1. The van der Waals surface area contributed by atoms with Crippen molar-refractivity contribution >= 4 is 12.1 Å². The molecule has 2 aliphatic rings. The second kappa shape index (κ2) is 8.20. The standard InChI is InChI=1S/C26H20F3NO4/c27-26(28,29)17-10-9-15-13-30(23(24(31)32)12-16(15)11-17)25(33)34-14-22-20-7-3-1-5-18(20)19-6-2-4-8-21(19)22/h1-11,22-23H,12-14H2,(H,31,32)/t23-/m0/s1. The first kappa shape index (κ1) is 22.0. The van der Waals surface area contributed by atoms with Crippen molar-refractivity contribution in [3.05, 3.63) is 94.5 Å². The van der Waals surface area contributed by atoms with Gasteiger partial charge in [-0.05, 0) is 45.5 Å². The molecule has 1 aliphatic heterocycles. The van der Waals surface area contributed by atoms with E-state index in [1.165, 1.54) is 6.07 Å². The second-order valence-corrected chi connectivity index (χ2v) is 8.47. The second-order valence-electron chi connectivity index (χ2n) is 8.47. The highest BCUT2D eigenvalue weighted by Gasteiger charge is 2.38. The van der Waals surface area contributed by atoms with Crippen LogP contribution in [-0.4, -0.2) is 34.7 Å². The quantitative estimate of drug-likeness (QED) is 0.555. The van der Waals surface area contributed by atoms with Crippen molar-refractivity contribution in [1.29, 1.82) is 0 Å². The van der Waals surface area contributed by atoms with Crippen LogP contribution in [0, 0.1) is 0 Å². The number of carboxylic acids is 1. The number of nitrogens with zero attached hydrogens (tertiary/aromatic N) is 1. The monoisotopic (exact) mass is 467 g/mol. The maximum absolute atomic E-state index is 13.1. The molecule has 34 heavy (non-hydrogen) atoms. The van der Waals surface area contributed by atoms with Gasteiger partial charge in [0.1, 0.15) is 12.6 Å². The number of hydrogen-bond acceptors (Lipinski definition) is 3. The average Bonchev–Trinajstić information content (AvgIpc) is 3.14. The molecule has 1 aliphatic carbocycles. The summed E-state index contributed by atoms with van der Waals surface area (Å²) in [7, 11) is 0. The molecule has 3 aromatic rings. The van der Waals surface area contributed by atoms with Crippen LogP contribution in [0.25, 0.3) is 11.1 Å². The van der Waals surface area contributed by atoms with Gasteiger partial charge in [-0.2, -0.15) is 13.2 Å². The third-order valence-electron chi connectivity index (χ3n) is 6.52. The van der Waals surface area contributed by atoms with Crippen LogP contribution in [0.4, 0.5) is 18.0 Å². The Morgan fingerprint density at radius 3 is 2.15 bits per heavy atom. The summed E-state index contributed by atoms with van der Waals surface area (Å²) < 4.78 is 44.8. The molecule has 0 spiro atoms. The van der Waals surface area contributed by atoms with Gasteiger partial charge in [-0.15, -0.1) is 0 Å². The first-order valence-electron chi connectivity index (χ1n) is 10.8. The molecular formula is C26H20F3NO4. The van der Waals surface area contributed by atoms with Crippen LogP contribution in [0.3, 0.4) is 0 Å². The fourth-order valence-electron chi connectivity index (χ4n) is 4.85. The SMILES string of the molecule is O=C(O)[C@@H]1Cc2cc(C(F)(F)F)ccc2CN1C(=O)OCC1c2ccccc2-c2ccccc21. The minimum absolute atomic E-state index is 0.0234. The van der Waals surface area contributed by atoms with E-state index in [9.17, 15) is 27.9 Å². The van der Waals surface area contributed by atoms with Crippen molar-refractivity contribution in [3.63, 3.8) is 0 Å². The summed E-state index contributed by atoms with van der Waals surface area (Å²) in [5, 5.41) is 9.68. The third kappa shape index (κ3) is 3.79. The number of aliphatic carboxylic acids is 1. The van der Waals surface area contributed by atoms with Gasteiger partial charge in [-0.1, -0.05) is 54.6 Å². The van der Waals surface area contributed by atoms with Crippen molar-refractivity contribution in [2.45, 2.75) is 31.1 Å². The Balaban J connectivity index is 1.37. The zero-order chi connectivity index (χ0) is 24.0. The van der Waals surface area contributed by atoms with Crippen LogP contribution < -0.4 is 0 Å². The molecule has 0 aromatic heterocycles. The highest BCUT2D eigenvalue weighted by Crippen LogP contribution is 2.44. The van der Waals surface area contributed by atoms with E-state index < -0.39 is 29.8 Å². The lowest BCUT2D eigenvalue weighted by atomic mass is 9.92. The lowest BCUT2D eigenvalue weighted by Gasteiger charge is -2.34. The van der Waals surface area contributed by atoms with E-state index in [1.54, 1.807) is 0 Å². The number of amides is 1. The molecule has 0 unspecified atom stereocenters. The summed E-state index contributed by atoms with van der Waals surface area (Å²) in [6.07, 6.45) is -5.56. The molecule has 0 radical (unpaired) electrons. The largest absolute Gasteiger partial charge is 0.480 e. The molecule has 0 fully saturated rings. The van der Waals surface area contributed by atoms with Crippen molar-refractivity contribution in [3.8, 4) is 11.1 Å². The van der Waals surface area contributed by atoms with E-state index in [0.29, 0.717) is 5.56 Å². The van der Waals surface area contributed by atoms with Crippen LogP contribution in [0.2, 0.25) is 0 Å². The van der Waals surface area contributed by atoms with E-state index in [-0.39, 0.29) is 31.1 Å². The first-order valence-corrected chi connectivity index (χ1v) is 10.8. The zero-order valence-electron chi connectivity index (χ0n) is 17.9. The Morgan fingerprint density at radius 1 is 0.941 bits per heavy atom. The van der Waals surface area contributed by atoms with Gasteiger partial charge in [0, 0.05) is 12.3 Å². The molecule has 0 bridgehead atoms. The van der Waals surface area contributed by atoms with Gasteiger partial charge < -0.3 is 9.84 Å². The van der Waals surface area contributed by atoms with Gasteiger partial charge in [0.15, 0.2) is 0 Å². The Labute approximate surface area is 193 Å². The molecule has 0 saturated carbocycles. The Bertz CT molecular complexity index is 1240. The summed E-state index contributed by atoms with van der Waals surface area (Å²) in [6.45, 7) is -0.114. The summed E-state index contributed by atoms with van der Waals surface area (Å²) >= 11 is 0. The van der Waals surface area contributed by atoms with E-state index in [4.69, 9.17) is 4.74 Å². The Morgan fingerprint density at radius 2 is 1.56 bits per heavy atom. The van der Waals surface area contributed by atoms with Crippen LogP contribution in [0.15, 0.2) is 66.7 Å². The third-order valence-corrected chi connectivity index (χ3v) is 6.52. The minimum Gasteiger partial charge on any atom is -0.480 e. The molecule has 8 heteroatoms. The highest BCUT2D eigenvalue weighted by molar-refractivity contribution is 5.82. The number of carboxylic acid groups (broad SMARTS) is 1. The van der Waals surface area contributed by atoms with Crippen molar-refractivity contribution < 1.29 is 32.6 Å². The highest BCUT2D eigenvalue weighted by atomic mass is 19.4. The summed E-state index contributed by atoms with van der Waals surface area (Å²) in [5.74, 6) is -1.48. The Hall–Kier alpha value is -3.81. The maximum atomic E-state index is 13.1. The average molecular weight is 467 g/mol. The molecule has 5 nitrogen and oxygen atoms in total. The number of fused-ring (bicyclic) bond motifs is 4. The molecule has 0 saturated heterocycles. The van der Waals surface area contributed by atoms with Gasteiger partial charge in [-0.25, -0.2) is 9.59 Å². The number of carbonyl (C=O) groups excluding carboxylic acids is 1. The van der Waals surface area contributed by atoms with Gasteiger partial charge >= 0.3 is 18.2 Å². The van der Waals surface area contributed by atoms with Gasteiger partial charge in [0.25, 0.3) is 0 Å². The van der Waals surface area contributed by atoms with Crippen LogP contribution in [-0.2, 0) is 28.7 Å². The number of halogens is 3. The van der Waals surface area contributed by atoms with Crippen LogP contribution in [0.5, 0.6) is 0 Å². The predicted octanol–water partition coefficient (Wildman–Crippen LogP) is 5.47. The summed E-state index contributed by atoms with van der Waals surface area (Å²) in [4.78, 5) is 25.9. The normalized spacial score (nSPS) is 17.0. The number of benzene rings is 3. The zero-order valence-corrected chi connectivity index (χ0v) is 17.9. The number of rotatable bonds is 3. The molecule has 1 N–H and O–H groups in total. The van der Waals surface area contributed by atoms with Crippen LogP contribution >= 0.6 is 0 Å². The first-order chi connectivity index (χ1) is 16.2. The van der Waals surface area contributed by atoms with Crippen molar-refractivity contribution in [1.82, 2.24) is 4.90 Å². The minimum atomic E-state index is -4.53. The predicted molar refractivity (Wildman–Crippen MR) is 117 cm³/mol. The van der Waals surface area contributed by atoms with Crippen molar-refractivity contribution in [2.24, 2.45) is 0 Å². The number of carbonyl (C=O) groups is 2. The fraction of sp³-hybridized carbons (Fsp3) is 0.231. The van der Waals surface area contributed by atoms with E-state index >= 15 is 0 Å². The van der Waals surface area contributed by atoms with Gasteiger partial charge in [0.2, 0.25) is 0 Å². The van der Waals surface area contributed by atoms with Crippen LogP contribution in [0.1, 0.15) is 33.7 Å². The molecule has 5 rings (SSSR count). The van der Waals surface area contributed by atoms with Crippen molar-refractivity contribution in [2.75, 3.05) is 6.61 Å². The lowest BCUT2D eigenvalue weighted by Crippen LogP contribution is -2.49. The van der Waals surface area contributed by atoms with E-state index in [2.05, 4.69) is 0 Å². The molecule has 3 aromatic carbocycles. The summed E-state index contributed by atoms with van der Waals surface area (Å²) in [5.41, 5.74) is 4.07. The van der Waals surface area contributed by atoms with Gasteiger partial charge in [0.05, 0.1) is 12.1 Å². The molecular weight excluding hydrogens is 447 g/mol. The fourth-order valence-corrected chi connectivity index (χ4v) is 4.85. The smallest absolute Gasteiger partial charge is 0.416 e. The molecule has 1 heterocycles. The maximum Gasteiger partial charge on any atom is 0.416 e. The van der Waals surface area contributed by atoms with E-state index in [0.717, 1.165) is 39.3 Å². The lowest BCUT2D eigenvalue weighted by molar-refractivity contribution is -0.143. The molecule has 1 atom stereocenters. The van der Waals surface area contributed by atoms with E-state index in [1.807, 2.05) is 48.5 Å². The topological polar surface area (TPSA) is 66.8 Å². The van der Waals surface area contributed by atoms with Gasteiger partial charge in [-0.3, -0.25) is 4.90 Å². The Kier molecular flexibility index (Phi) is 5.31. The number of alkyl halides is 3. The summed E-state index contributed by atoms with van der Waals surface area (Å²) in [6, 6.07) is 17.6.